The van der Waals surface area contributed by atoms with Crippen LogP contribution in [-0.4, -0.2) is 75.2 Å². The van der Waals surface area contributed by atoms with Crippen LogP contribution < -0.4 is 10.8 Å². The molecule has 38 heavy (non-hydrogen) atoms. The Kier molecular flexibility index (Phi) is 9.79. The highest BCUT2D eigenvalue weighted by Gasteiger charge is 2.52. The zero-order chi connectivity index (χ0) is 28.3. The van der Waals surface area contributed by atoms with Crippen LogP contribution >= 0.6 is 11.8 Å². The fourth-order valence-electron chi connectivity index (χ4n) is 4.51. The molecule has 1 aromatic heterocycles. The summed E-state index contributed by atoms with van der Waals surface area (Å²) in [5.41, 5.74) is -0.643. The molecule has 0 radical (unpaired) electrons. The molecule has 3 rings (SSSR count). The number of alkyl carbamates (subject to hydrolysis) is 1. The van der Waals surface area contributed by atoms with Gasteiger partial charge in [0.25, 0.3) is 0 Å². The Hall–Kier alpha value is -1.85. The third kappa shape index (κ3) is 7.85. The lowest BCUT2D eigenvalue weighted by Crippen LogP contribution is -2.55. The smallest absolute Gasteiger partial charge is 0.444 e. The van der Waals surface area contributed by atoms with Crippen LogP contribution in [0.2, 0.25) is 0 Å². The van der Waals surface area contributed by atoms with Crippen molar-refractivity contribution in [3.8, 4) is 0 Å². The molecule has 2 aliphatic heterocycles. The van der Waals surface area contributed by atoms with E-state index in [-0.39, 0.29) is 17.9 Å². The molecule has 1 N–H and O–H groups in total. The molecule has 0 unspecified atom stereocenters. The maximum atomic E-state index is 13.5. The molecule has 0 spiro atoms. The maximum Gasteiger partial charge on any atom is 0.498 e. The molecule has 2 saturated heterocycles. The number of aromatic nitrogens is 2. The van der Waals surface area contributed by atoms with Crippen molar-refractivity contribution in [2.45, 2.75) is 122 Å². The largest absolute Gasteiger partial charge is 0.498 e. The summed E-state index contributed by atoms with van der Waals surface area (Å²) in [7, 11) is -0.482. The van der Waals surface area contributed by atoms with Gasteiger partial charge in [-0.05, 0) is 80.1 Å². The van der Waals surface area contributed by atoms with Gasteiger partial charge in [0, 0.05) is 36.2 Å². The van der Waals surface area contributed by atoms with E-state index in [0.29, 0.717) is 11.7 Å². The van der Waals surface area contributed by atoms with Crippen LogP contribution in [0, 0.1) is 5.92 Å². The molecular weight excluding hydrogens is 503 g/mol. The van der Waals surface area contributed by atoms with Crippen LogP contribution in [0.5, 0.6) is 0 Å². The number of likely N-dealkylation sites (tertiary alicyclic amines) is 1. The minimum atomic E-state index is -0.621. The lowest BCUT2D eigenvalue weighted by atomic mass is 9.81. The van der Waals surface area contributed by atoms with Crippen LogP contribution in [0.25, 0.3) is 0 Å². The third-order valence-corrected chi connectivity index (χ3v) is 8.28. The number of nitrogens with zero attached hydrogens (tertiary/aromatic N) is 3. The Bertz CT molecular complexity index is 951. The number of thioether (sulfide) groups is 1. The number of piperidine rings is 1. The first-order valence-electron chi connectivity index (χ1n) is 13.7. The van der Waals surface area contributed by atoms with Gasteiger partial charge in [-0.25, -0.2) is 14.8 Å². The zero-order valence-electron chi connectivity index (χ0n) is 24.5. The number of amides is 2. The van der Waals surface area contributed by atoms with Gasteiger partial charge in [0.05, 0.1) is 11.2 Å². The fourth-order valence-corrected chi connectivity index (χ4v) is 5.33. The van der Waals surface area contributed by atoms with E-state index in [1.54, 1.807) is 24.2 Å². The summed E-state index contributed by atoms with van der Waals surface area (Å²) in [6.45, 7) is 18.1. The van der Waals surface area contributed by atoms with E-state index in [9.17, 15) is 9.59 Å². The number of carbonyl (C=O) groups is 2. The second kappa shape index (κ2) is 12.1. The Morgan fingerprint density at radius 3 is 2.32 bits per heavy atom. The number of ether oxygens (including phenoxy) is 1. The topological polar surface area (TPSA) is 103 Å². The van der Waals surface area contributed by atoms with Crippen LogP contribution in [0.1, 0.15) is 88.0 Å². The van der Waals surface area contributed by atoms with E-state index in [0.717, 1.165) is 36.9 Å². The van der Waals surface area contributed by atoms with Gasteiger partial charge >= 0.3 is 13.2 Å². The molecule has 0 saturated carbocycles. The third-order valence-electron chi connectivity index (χ3n) is 7.37. The lowest BCUT2D eigenvalue weighted by Gasteiger charge is -2.39. The first-order chi connectivity index (χ1) is 17.6. The van der Waals surface area contributed by atoms with Crippen molar-refractivity contribution in [3.05, 3.63) is 12.4 Å². The van der Waals surface area contributed by atoms with Crippen LogP contribution in [0.4, 0.5) is 4.79 Å². The Labute approximate surface area is 232 Å². The number of hydrogen-bond donors (Lipinski definition) is 1. The molecular formula is C27H45BN4O5S. The summed E-state index contributed by atoms with van der Waals surface area (Å²) in [6.07, 6.45) is 6.81. The number of carbonyl (C=O) groups excluding carboxylic acids is 2. The van der Waals surface area contributed by atoms with Gasteiger partial charge < -0.3 is 24.3 Å². The fraction of sp³-hybridized carbons (Fsp3) is 0.778. The average molecular weight is 549 g/mol. The van der Waals surface area contributed by atoms with E-state index in [2.05, 4.69) is 15.3 Å². The molecule has 3 heterocycles. The predicted octanol–water partition coefficient (Wildman–Crippen LogP) is 4.19. The van der Waals surface area contributed by atoms with Gasteiger partial charge in [0.1, 0.15) is 11.6 Å². The predicted molar refractivity (Wildman–Crippen MR) is 150 cm³/mol. The van der Waals surface area contributed by atoms with E-state index in [1.807, 2.05) is 67.2 Å². The second-order valence-corrected chi connectivity index (χ2v) is 13.6. The standard InChI is InChI=1S/C27H45BN4O5S/c1-18(2)21(31-24(34)35-25(3,4)5)22(33)32-14-11-10-12-20(32)13-15-38-23-29-16-19(17-30-23)28-36-26(6,7)27(8,9)37-28/h16-18,20-21H,10-15H2,1-9H3,(H,31,34)/t20-,21-/m1/s1. The second-order valence-electron chi connectivity index (χ2n) is 12.6. The van der Waals surface area contributed by atoms with Gasteiger partial charge in [0.2, 0.25) is 5.91 Å². The van der Waals surface area contributed by atoms with Gasteiger partial charge in [-0.15, -0.1) is 0 Å². The molecule has 2 aliphatic rings. The highest BCUT2D eigenvalue weighted by molar-refractivity contribution is 7.99. The molecule has 1 aromatic rings. The zero-order valence-corrected chi connectivity index (χ0v) is 25.3. The lowest BCUT2D eigenvalue weighted by molar-refractivity contribution is -0.138. The monoisotopic (exact) mass is 548 g/mol. The van der Waals surface area contributed by atoms with E-state index >= 15 is 0 Å². The first kappa shape index (κ1) is 30.7. The molecule has 0 aromatic carbocycles. The van der Waals surface area contributed by atoms with Crippen molar-refractivity contribution in [2.75, 3.05) is 12.3 Å². The Morgan fingerprint density at radius 1 is 1.16 bits per heavy atom. The first-order valence-corrected chi connectivity index (χ1v) is 14.7. The number of hydrogen-bond acceptors (Lipinski definition) is 8. The van der Waals surface area contributed by atoms with Crippen LogP contribution in [-0.2, 0) is 18.8 Å². The SMILES string of the molecule is CC(C)[C@@H](NC(=O)OC(C)(C)C)C(=O)N1CCCC[C@@H]1CCSc1ncc(B2OC(C)(C)C(C)(C)O2)cn1. The summed E-state index contributed by atoms with van der Waals surface area (Å²) in [5, 5.41) is 3.50. The molecule has 0 aliphatic carbocycles. The molecule has 9 nitrogen and oxygen atoms in total. The Morgan fingerprint density at radius 2 is 1.76 bits per heavy atom. The molecule has 11 heteroatoms. The molecule has 2 atom stereocenters. The Balaban J connectivity index is 1.56. The van der Waals surface area contributed by atoms with Crippen molar-refractivity contribution in [1.29, 1.82) is 0 Å². The maximum absolute atomic E-state index is 13.5. The number of nitrogens with one attached hydrogen (secondary N) is 1. The van der Waals surface area contributed by atoms with Crippen molar-refractivity contribution in [3.63, 3.8) is 0 Å². The normalized spacial score (nSPS) is 21.9. The quantitative estimate of drug-likeness (QED) is 0.293. The van der Waals surface area contributed by atoms with Crippen molar-refractivity contribution in [2.24, 2.45) is 5.92 Å². The minimum Gasteiger partial charge on any atom is -0.444 e. The summed E-state index contributed by atoms with van der Waals surface area (Å²) in [5.74, 6) is 0.697. The van der Waals surface area contributed by atoms with Crippen LogP contribution in [0.3, 0.4) is 0 Å². The summed E-state index contributed by atoms with van der Waals surface area (Å²) in [6, 6.07) is -0.501. The molecule has 0 bridgehead atoms. The van der Waals surface area contributed by atoms with E-state index < -0.39 is 36.1 Å². The summed E-state index contributed by atoms with van der Waals surface area (Å²) < 4.78 is 17.6. The average Bonchev–Trinajstić information content (AvgIpc) is 3.03. The van der Waals surface area contributed by atoms with Crippen molar-refractivity contribution >= 4 is 36.3 Å². The summed E-state index contributed by atoms with van der Waals surface area (Å²) >= 11 is 1.58. The molecule has 212 valence electrons. The molecule has 2 fully saturated rings. The van der Waals surface area contributed by atoms with Crippen molar-refractivity contribution < 1.29 is 23.6 Å². The van der Waals surface area contributed by atoms with Crippen molar-refractivity contribution in [1.82, 2.24) is 20.2 Å². The van der Waals surface area contributed by atoms with E-state index in [4.69, 9.17) is 14.0 Å². The van der Waals surface area contributed by atoms with Gasteiger partial charge in [-0.2, -0.15) is 0 Å². The highest BCUT2D eigenvalue weighted by atomic mass is 32.2. The minimum absolute atomic E-state index is 0.0384. The van der Waals surface area contributed by atoms with Gasteiger partial charge in [-0.1, -0.05) is 25.6 Å². The van der Waals surface area contributed by atoms with Gasteiger partial charge in [0.15, 0.2) is 5.16 Å². The number of rotatable bonds is 8. The van der Waals surface area contributed by atoms with Gasteiger partial charge in [-0.3, -0.25) is 4.79 Å². The van der Waals surface area contributed by atoms with Crippen LogP contribution in [0.15, 0.2) is 17.6 Å². The summed E-state index contributed by atoms with van der Waals surface area (Å²) in [4.78, 5) is 36.9. The van der Waals surface area contributed by atoms with E-state index in [1.165, 1.54) is 0 Å². The highest BCUT2D eigenvalue weighted by Crippen LogP contribution is 2.36. The molecule has 2 amide bonds.